The van der Waals surface area contributed by atoms with E-state index in [0.717, 1.165) is 11.0 Å². The van der Waals surface area contributed by atoms with Gasteiger partial charge >= 0.3 is 197 Å². The van der Waals surface area contributed by atoms with E-state index >= 15 is 0 Å². The Bertz CT molecular complexity index is 1680. The van der Waals surface area contributed by atoms with Gasteiger partial charge in [-0.05, 0) is 0 Å². The average molecular weight is 550 g/mol. The summed E-state index contributed by atoms with van der Waals surface area (Å²) in [7, 11) is 3.59. The molecule has 6 rings (SSSR count). The van der Waals surface area contributed by atoms with Gasteiger partial charge in [0, 0.05) is 0 Å². The third kappa shape index (κ3) is 2.19. The second-order valence-electron chi connectivity index (χ2n) is 7.23. The van der Waals surface area contributed by atoms with Crippen molar-refractivity contribution in [3.05, 3.63) is 55.5 Å². The zero-order valence-corrected chi connectivity index (χ0v) is 19.0. The molecule has 4 amide bonds. The fourth-order valence-electron chi connectivity index (χ4n) is 4.34. The number of nitrogens with zero attached hydrogens (tertiary/aromatic N) is 3. The fourth-order valence-corrected chi connectivity index (χ4v) is 5.49. The van der Waals surface area contributed by atoms with Crippen molar-refractivity contribution in [2.45, 2.75) is 0 Å². The van der Waals surface area contributed by atoms with Crippen LogP contribution in [0.3, 0.4) is 0 Å². The molecule has 3 heterocycles. The van der Waals surface area contributed by atoms with Gasteiger partial charge in [-0.25, -0.2) is 0 Å². The minimum atomic E-state index is -0.671. The number of carbonyl (C=O) groups is 4. The summed E-state index contributed by atoms with van der Waals surface area (Å²) in [6, 6.07) is 7.04. The van der Waals surface area contributed by atoms with E-state index in [1.807, 2.05) is 0 Å². The van der Waals surface area contributed by atoms with E-state index in [9.17, 15) is 19.2 Å². The van der Waals surface area contributed by atoms with Crippen LogP contribution in [0.1, 0.15) is 41.4 Å². The second kappa shape index (κ2) is 6.36. The molecule has 0 radical (unpaired) electrons. The number of aromatic nitrogens is 2. The minimum absolute atomic E-state index is 0.0865. The number of imide groups is 2. The number of benzene rings is 3. The number of hydrogen-bond donors (Lipinski definition) is 1. The van der Waals surface area contributed by atoms with Crippen molar-refractivity contribution in [2.24, 2.45) is 0 Å². The molecule has 1 N–H and O–H groups in total. The molecule has 8 nitrogen and oxygen atoms in total. The first-order valence-corrected chi connectivity index (χ1v) is 10.9. The quantitative estimate of drug-likeness (QED) is 0.222. The van der Waals surface area contributed by atoms with Crippen LogP contribution in [-0.2, 0) is 0 Å². The van der Waals surface area contributed by atoms with Crippen LogP contribution < -0.4 is 5.32 Å². The third-order valence-corrected chi connectivity index (χ3v) is 7.77. The van der Waals surface area contributed by atoms with Crippen molar-refractivity contribution >= 4 is 102 Å². The molecule has 1 aromatic heterocycles. The van der Waals surface area contributed by atoms with Gasteiger partial charge < -0.3 is 0 Å². The van der Waals surface area contributed by atoms with E-state index in [1.54, 1.807) is 24.3 Å². The predicted octanol–water partition coefficient (Wildman–Crippen LogP) is 2.60. The van der Waals surface area contributed by atoms with Crippen LogP contribution in [-0.4, -0.2) is 52.1 Å². The van der Waals surface area contributed by atoms with E-state index in [4.69, 9.17) is 0 Å². The molecule has 2 aliphatic rings. The van der Waals surface area contributed by atoms with Crippen molar-refractivity contribution in [3.8, 4) is 0 Å². The van der Waals surface area contributed by atoms with Crippen LogP contribution in [0.15, 0.2) is 33.2 Å². The molecule has 0 atom stereocenters. The fraction of sp³-hybridized carbons (Fsp3) is 0. The second-order valence-corrected chi connectivity index (χ2v) is 8.82. The zero-order chi connectivity index (χ0) is 22.5. The number of para-hydroxylation sites is 2. The number of fused-ring (bicyclic) bond motifs is 4. The average Bonchev–Trinajstić information content (AvgIpc) is 2.76. The van der Waals surface area contributed by atoms with Gasteiger partial charge in [-0.15, -0.1) is 0 Å². The Labute approximate surface area is 196 Å². The Hall–Kier alpha value is -3.31. The summed E-state index contributed by atoms with van der Waals surface area (Å²) >= 11 is 6.77. The molecule has 32 heavy (non-hydrogen) atoms. The standard InChI is InChI=1S/C21H7BBr2N4O4/c22-5-28-20(31)11-9-8-10(14(23)15(11)24)18(29)27-19(30)12(8)16-17(13(9)21(28)32)26-7-4-2-1-3-6(7)25-16/h1-5,22H,(H,27,29,30). The van der Waals surface area contributed by atoms with Crippen LogP contribution in [0.25, 0.3) is 32.8 Å². The van der Waals surface area contributed by atoms with Crippen molar-refractivity contribution < 1.29 is 19.2 Å². The molecule has 0 bridgehead atoms. The van der Waals surface area contributed by atoms with Crippen LogP contribution in [0.2, 0.25) is 0 Å². The van der Waals surface area contributed by atoms with Gasteiger partial charge in [0.25, 0.3) is 0 Å². The summed E-state index contributed by atoms with van der Waals surface area (Å²) in [6.45, 7) is 0. The molecule has 0 fully saturated rings. The van der Waals surface area contributed by atoms with E-state index in [1.165, 1.54) is 0 Å². The number of amides is 4. The zero-order valence-electron chi connectivity index (χ0n) is 15.8. The van der Waals surface area contributed by atoms with Crippen LogP contribution >= 0.6 is 31.9 Å². The van der Waals surface area contributed by atoms with E-state index in [-0.39, 0.29) is 53.0 Å². The summed E-state index contributed by atoms with van der Waals surface area (Å²) in [6.07, 6.45) is 1.13. The molecule has 0 saturated carbocycles. The Balaban J connectivity index is 2.02. The van der Waals surface area contributed by atoms with Gasteiger partial charge in [0.15, 0.2) is 0 Å². The molecule has 152 valence electrons. The molecule has 3 aromatic carbocycles. The summed E-state index contributed by atoms with van der Waals surface area (Å²) in [4.78, 5) is 62.6. The van der Waals surface area contributed by atoms with Gasteiger partial charge in [-0.2, -0.15) is 0 Å². The summed E-state index contributed by atoms with van der Waals surface area (Å²) < 4.78 is 0.575. The number of nitrogens with one attached hydrogen (secondary N) is 1. The van der Waals surface area contributed by atoms with Crippen LogP contribution in [0, 0.1) is 0 Å². The van der Waals surface area contributed by atoms with Gasteiger partial charge in [-0.3, -0.25) is 0 Å². The molecular weight excluding hydrogens is 543 g/mol. The molecular formula is C21H7BBr2N4O4. The predicted molar refractivity (Wildman–Crippen MR) is 125 cm³/mol. The van der Waals surface area contributed by atoms with Crippen molar-refractivity contribution in [3.63, 3.8) is 0 Å². The molecule has 0 saturated heterocycles. The molecule has 0 spiro atoms. The number of hydrogen-bond acceptors (Lipinski definition) is 6. The van der Waals surface area contributed by atoms with Crippen molar-refractivity contribution in [1.29, 1.82) is 0 Å². The Morgan fingerprint density at radius 3 is 1.91 bits per heavy atom. The van der Waals surface area contributed by atoms with Gasteiger partial charge in [-0.1, -0.05) is 0 Å². The maximum atomic E-state index is 13.4. The Kier molecular flexibility index (Phi) is 3.85. The molecule has 0 unspecified atom stereocenters. The van der Waals surface area contributed by atoms with Crippen molar-refractivity contribution in [2.75, 3.05) is 0 Å². The normalized spacial score (nSPS) is 15.1. The van der Waals surface area contributed by atoms with Crippen LogP contribution in [0.5, 0.6) is 0 Å². The monoisotopic (exact) mass is 548 g/mol. The van der Waals surface area contributed by atoms with E-state index in [0.29, 0.717) is 11.0 Å². The van der Waals surface area contributed by atoms with Crippen molar-refractivity contribution in [1.82, 2.24) is 20.2 Å². The third-order valence-electron chi connectivity index (χ3n) is 5.65. The molecule has 0 aliphatic carbocycles. The number of carbonyl (C=O) groups excluding carboxylic acids is 4. The molecule has 11 heteroatoms. The summed E-state index contributed by atoms with van der Waals surface area (Å²) in [5.41, 5.74) is 1.82. The number of rotatable bonds is 1. The van der Waals surface area contributed by atoms with Gasteiger partial charge in [0.2, 0.25) is 0 Å². The first-order chi connectivity index (χ1) is 15.3. The molecule has 2 aliphatic heterocycles. The number of halogens is 2. The summed E-state index contributed by atoms with van der Waals surface area (Å²) in [5, 5.41) is 2.72. The van der Waals surface area contributed by atoms with Gasteiger partial charge in [0.1, 0.15) is 0 Å². The first-order valence-electron chi connectivity index (χ1n) is 9.28. The van der Waals surface area contributed by atoms with E-state index in [2.05, 4.69) is 54.6 Å². The maximum absolute atomic E-state index is 13.4. The SMILES string of the molecule is B=CN1C(=O)c2c(Br)c(Br)c3c4c(c5nc6ccccc6nc5c(c24)C1=O)C(=O)NC3=O. The Morgan fingerprint density at radius 2 is 1.28 bits per heavy atom. The topological polar surface area (TPSA) is 109 Å². The summed E-state index contributed by atoms with van der Waals surface area (Å²) in [5.74, 6) is -2.60. The molecule has 4 aromatic rings. The first kappa shape index (κ1) is 19.4. The van der Waals surface area contributed by atoms with E-state index < -0.39 is 23.6 Å². The Morgan fingerprint density at radius 1 is 0.781 bits per heavy atom. The van der Waals surface area contributed by atoms with Crippen LogP contribution in [0.4, 0.5) is 0 Å². The van der Waals surface area contributed by atoms with Gasteiger partial charge in [0.05, 0.1) is 0 Å².